The summed E-state index contributed by atoms with van der Waals surface area (Å²) in [5, 5.41) is 0. The number of hydrogen-bond acceptors (Lipinski definition) is 4. The Bertz CT molecular complexity index is 714. The summed E-state index contributed by atoms with van der Waals surface area (Å²) in [6.07, 6.45) is 0. The van der Waals surface area contributed by atoms with E-state index in [0.29, 0.717) is 24.5 Å². The monoisotopic (exact) mass is 329 g/mol. The summed E-state index contributed by atoms with van der Waals surface area (Å²) in [5.74, 6) is 0.0501. The van der Waals surface area contributed by atoms with E-state index in [1.807, 2.05) is 42.2 Å². The molecule has 1 aliphatic rings. The summed E-state index contributed by atoms with van der Waals surface area (Å²) >= 11 is 1.37. The average molecular weight is 329 g/mol. The van der Waals surface area contributed by atoms with Crippen molar-refractivity contribution in [2.75, 3.05) is 19.6 Å². The van der Waals surface area contributed by atoms with Crippen LogP contribution < -0.4 is 0 Å². The minimum absolute atomic E-state index is 0.00190. The van der Waals surface area contributed by atoms with Crippen molar-refractivity contribution >= 4 is 23.2 Å². The SMILES string of the molecule is CC(=O)N1CCN(C(=O)c2scnc2C)[C@H](c2ccccc2)C1. The number of amides is 2. The van der Waals surface area contributed by atoms with Crippen molar-refractivity contribution in [3.8, 4) is 0 Å². The number of nitrogens with zero attached hydrogens (tertiary/aromatic N) is 3. The van der Waals surface area contributed by atoms with Crippen molar-refractivity contribution in [2.45, 2.75) is 19.9 Å². The number of rotatable bonds is 2. The van der Waals surface area contributed by atoms with Crippen molar-refractivity contribution in [3.05, 3.63) is 52.0 Å². The van der Waals surface area contributed by atoms with Crippen molar-refractivity contribution in [1.82, 2.24) is 14.8 Å². The van der Waals surface area contributed by atoms with E-state index in [-0.39, 0.29) is 17.9 Å². The first-order valence-corrected chi connectivity index (χ1v) is 8.47. The Morgan fingerprint density at radius 3 is 2.57 bits per heavy atom. The van der Waals surface area contributed by atoms with Crippen LogP contribution in [0.2, 0.25) is 0 Å². The van der Waals surface area contributed by atoms with Crippen LogP contribution in [0.5, 0.6) is 0 Å². The first kappa shape index (κ1) is 15.7. The van der Waals surface area contributed by atoms with E-state index in [0.717, 1.165) is 11.3 Å². The number of piperazine rings is 1. The molecule has 2 heterocycles. The molecule has 0 bridgehead atoms. The molecule has 23 heavy (non-hydrogen) atoms. The molecule has 120 valence electrons. The Balaban J connectivity index is 1.92. The average Bonchev–Trinajstić information content (AvgIpc) is 3.00. The third kappa shape index (κ3) is 3.12. The van der Waals surface area contributed by atoms with Gasteiger partial charge in [-0.2, -0.15) is 0 Å². The molecule has 5 nitrogen and oxygen atoms in total. The molecule has 0 saturated carbocycles. The third-order valence-electron chi connectivity index (χ3n) is 4.21. The minimum atomic E-state index is -0.122. The molecule has 2 aromatic rings. The van der Waals surface area contributed by atoms with Crippen LogP contribution in [0.3, 0.4) is 0 Å². The topological polar surface area (TPSA) is 53.5 Å². The lowest BCUT2D eigenvalue weighted by molar-refractivity contribution is -0.131. The summed E-state index contributed by atoms with van der Waals surface area (Å²) in [7, 11) is 0. The molecule has 0 unspecified atom stereocenters. The van der Waals surface area contributed by atoms with Crippen molar-refractivity contribution in [1.29, 1.82) is 0 Å². The van der Waals surface area contributed by atoms with Crippen molar-refractivity contribution in [3.63, 3.8) is 0 Å². The van der Waals surface area contributed by atoms with Gasteiger partial charge in [-0.25, -0.2) is 4.98 Å². The smallest absolute Gasteiger partial charge is 0.266 e. The summed E-state index contributed by atoms with van der Waals surface area (Å²) in [5.41, 5.74) is 3.51. The minimum Gasteiger partial charge on any atom is -0.339 e. The zero-order valence-electron chi connectivity index (χ0n) is 13.2. The van der Waals surface area contributed by atoms with E-state index in [4.69, 9.17) is 0 Å². The molecule has 0 N–H and O–H groups in total. The normalized spacial score (nSPS) is 18.1. The van der Waals surface area contributed by atoms with Gasteiger partial charge in [0.15, 0.2) is 0 Å². The van der Waals surface area contributed by atoms with Gasteiger partial charge in [-0.15, -0.1) is 11.3 Å². The maximum Gasteiger partial charge on any atom is 0.266 e. The molecular formula is C17H19N3O2S. The molecular weight excluding hydrogens is 310 g/mol. The maximum absolute atomic E-state index is 12.9. The van der Waals surface area contributed by atoms with Gasteiger partial charge < -0.3 is 9.80 Å². The highest BCUT2D eigenvalue weighted by atomic mass is 32.1. The number of aryl methyl sites for hydroxylation is 1. The van der Waals surface area contributed by atoms with E-state index in [9.17, 15) is 9.59 Å². The van der Waals surface area contributed by atoms with Crippen LogP contribution in [-0.4, -0.2) is 46.2 Å². The zero-order valence-corrected chi connectivity index (χ0v) is 14.0. The summed E-state index contributed by atoms with van der Waals surface area (Å²) < 4.78 is 0. The number of aromatic nitrogens is 1. The zero-order chi connectivity index (χ0) is 16.4. The number of carbonyl (C=O) groups is 2. The molecule has 2 amide bonds. The highest BCUT2D eigenvalue weighted by Crippen LogP contribution is 2.28. The lowest BCUT2D eigenvalue weighted by Crippen LogP contribution is -2.51. The van der Waals surface area contributed by atoms with Gasteiger partial charge >= 0.3 is 0 Å². The number of benzene rings is 1. The van der Waals surface area contributed by atoms with Crippen LogP contribution in [0.15, 0.2) is 35.8 Å². The second-order valence-corrected chi connectivity index (χ2v) is 6.51. The Morgan fingerprint density at radius 1 is 1.22 bits per heavy atom. The Labute approximate surface area is 139 Å². The van der Waals surface area contributed by atoms with Gasteiger partial charge in [0.1, 0.15) is 4.88 Å². The molecule has 1 saturated heterocycles. The first-order chi connectivity index (χ1) is 11.1. The van der Waals surface area contributed by atoms with Crippen LogP contribution in [0.4, 0.5) is 0 Å². The summed E-state index contributed by atoms with van der Waals surface area (Å²) in [4.78, 5) is 33.2. The number of hydrogen-bond donors (Lipinski definition) is 0. The molecule has 0 aliphatic carbocycles. The fourth-order valence-corrected chi connectivity index (χ4v) is 3.67. The molecule has 1 aliphatic heterocycles. The standard InChI is InChI=1S/C17H19N3O2S/c1-12-16(23-11-18-12)17(22)20-9-8-19(13(2)21)10-15(20)14-6-4-3-5-7-14/h3-7,11,15H,8-10H2,1-2H3/t15-/m0/s1. The summed E-state index contributed by atoms with van der Waals surface area (Å²) in [6.45, 7) is 5.07. The van der Waals surface area contributed by atoms with Crippen LogP contribution >= 0.6 is 11.3 Å². The molecule has 0 radical (unpaired) electrons. The maximum atomic E-state index is 12.9. The van der Waals surface area contributed by atoms with E-state index in [1.165, 1.54) is 11.3 Å². The molecule has 0 spiro atoms. The van der Waals surface area contributed by atoms with Crippen LogP contribution in [0.1, 0.15) is 33.9 Å². The Kier molecular flexibility index (Phi) is 4.43. The predicted octanol–water partition coefficient (Wildman–Crippen LogP) is 2.50. The van der Waals surface area contributed by atoms with Crippen LogP contribution in [0, 0.1) is 6.92 Å². The Hall–Kier alpha value is -2.21. The predicted molar refractivity (Wildman–Crippen MR) is 89.3 cm³/mol. The lowest BCUT2D eigenvalue weighted by Gasteiger charge is -2.41. The summed E-state index contributed by atoms with van der Waals surface area (Å²) in [6, 6.07) is 9.77. The van der Waals surface area contributed by atoms with Gasteiger partial charge in [-0.1, -0.05) is 30.3 Å². The van der Waals surface area contributed by atoms with Gasteiger partial charge in [0, 0.05) is 26.6 Å². The van der Waals surface area contributed by atoms with Crippen molar-refractivity contribution < 1.29 is 9.59 Å². The molecule has 1 fully saturated rings. The third-order valence-corrected chi connectivity index (χ3v) is 5.13. The lowest BCUT2D eigenvalue weighted by atomic mass is 10.0. The second kappa shape index (κ2) is 6.50. The van der Waals surface area contributed by atoms with E-state index < -0.39 is 0 Å². The van der Waals surface area contributed by atoms with Crippen LogP contribution in [0.25, 0.3) is 0 Å². The van der Waals surface area contributed by atoms with Gasteiger partial charge in [0.25, 0.3) is 5.91 Å². The quantitative estimate of drug-likeness (QED) is 0.850. The van der Waals surface area contributed by atoms with Gasteiger partial charge in [-0.3, -0.25) is 9.59 Å². The largest absolute Gasteiger partial charge is 0.339 e. The van der Waals surface area contributed by atoms with Gasteiger partial charge in [0.2, 0.25) is 5.91 Å². The van der Waals surface area contributed by atoms with E-state index in [2.05, 4.69) is 4.98 Å². The van der Waals surface area contributed by atoms with Crippen LogP contribution in [-0.2, 0) is 4.79 Å². The van der Waals surface area contributed by atoms with Gasteiger partial charge in [0.05, 0.1) is 17.2 Å². The highest BCUT2D eigenvalue weighted by Gasteiger charge is 2.34. The molecule has 3 rings (SSSR count). The first-order valence-electron chi connectivity index (χ1n) is 7.59. The Morgan fingerprint density at radius 2 is 1.96 bits per heavy atom. The van der Waals surface area contributed by atoms with E-state index >= 15 is 0 Å². The number of carbonyl (C=O) groups excluding carboxylic acids is 2. The molecule has 1 aromatic heterocycles. The molecule has 1 aromatic carbocycles. The number of thiazole rings is 1. The van der Waals surface area contributed by atoms with Crippen molar-refractivity contribution in [2.24, 2.45) is 0 Å². The molecule has 6 heteroatoms. The van der Waals surface area contributed by atoms with Gasteiger partial charge in [-0.05, 0) is 12.5 Å². The molecule has 1 atom stereocenters. The second-order valence-electron chi connectivity index (χ2n) is 5.66. The fraction of sp³-hybridized carbons (Fsp3) is 0.353. The fourth-order valence-electron chi connectivity index (χ4n) is 2.91. The highest BCUT2D eigenvalue weighted by molar-refractivity contribution is 7.11. The van der Waals surface area contributed by atoms with E-state index in [1.54, 1.807) is 17.3 Å².